The van der Waals surface area contributed by atoms with Crippen molar-refractivity contribution in [3.8, 4) is 16.3 Å². The molecule has 0 saturated heterocycles. The van der Waals surface area contributed by atoms with Gasteiger partial charge in [-0.15, -0.1) is 11.3 Å². The Labute approximate surface area is 115 Å². The fourth-order valence-corrected chi connectivity index (χ4v) is 2.54. The summed E-state index contributed by atoms with van der Waals surface area (Å²) in [7, 11) is 0. The van der Waals surface area contributed by atoms with E-state index in [1.54, 1.807) is 6.92 Å². The summed E-state index contributed by atoms with van der Waals surface area (Å²) in [6.07, 6.45) is 0.968. The average Bonchev–Trinajstić information content (AvgIpc) is 2.79. The van der Waals surface area contributed by atoms with E-state index in [1.807, 2.05) is 24.3 Å². The van der Waals surface area contributed by atoms with Crippen LogP contribution in [0.15, 0.2) is 24.3 Å². The molecule has 0 unspecified atom stereocenters. The molecular weight excluding hydrogens is 262 g/mol. The minimum Gasteiger partial charge on any atom is -0.494 e. The molecule has 0 aliphatic carbocycles. The average molecular weight is 277 g/mol. The lowest BCUT2D eigenvalue weighted by molar-refractivity contribution is 0.0690. The topological polar surface area (TPSA) is 59.4 Å². The molecular formula is C14H15NO3S. The van der Waals surface area contributed by atoms with Gasteiger partial charge in [0.15, 0.2) is 5.69 Å². The maximum absolute atomic E-state index is 11.0. The van der Waals surface area contributed by atoms with Crippen LogP contribution in [0.1, 0.15) is 28.7 Å². The monoisotopic (exact) mass is 277 g/mol. The van der Waals surface area contributed by atoms with Gasteiger partial charge in [0, 0.05) is 10.4 Å². The molecule has 1 aromatic heterocycles. The second kappa shape index (κ2) is 5.84. The smallest absolute Gasteiger partial charge is 0.355 e. The fraction of sp³-hybridized carbons (Fsp3) is 0.286. The summed E-state index contributed by atoms with van der Waals surface area (Å²) in [5, 5.41) is 9.71. The molecule has 0 spiro atoms. The number of aryl methyl sites for hydroxylation is 1. The van der Waals surface area contributed by atoms with E-state index in [1.165, 1.54) is 11.3 Å². The highest BCUT2D eigenvalue weighted by Crippen LogP contribution is 2.28. The number of hydrogen-bond acceptors (Lipinski definition) is 4. The van der Waals surface area contributed by atoms with Gasteiger partial charge in [0.1, 0.15) is 10.8 Å². The highest BCUT2D eigenvalue weighted by Gasteiger charge is 2.14. The second-order valence-corrected chi connectivity index (χ2v) is 5.30. The number of aromatic nitrogens is 1. The Balaban J connectivity index is 2.22. The lowest BCUT2D eigenvalue weighted by Gasteiger charge is -2.04. The Hall–Kier alpha value is -1.88. The van der Waals surface area contributed by atoms with Crippen molar-refractivity contribution in [2.45, 2.75) is 20.3 Å². The van der Waals surface area contributed by atoms with Gasteiger partial charge in [-0.25, -0.2) is 9.78 Å². The van der Waals surface area contributed by atoms with Crippen molar-refractivity contribution in [2.24, 2.45) is 0 Å². The Bertz CT molecular complexity index is 575. The summed E-state index contributed by atoms with van der Waals surface area (Å²) in [5.74, 6) is -0.166. The zero-order valence-corrected chi connectivity index (χ0v) is 11.7. The standard InChI is InChI=1S/C14H15NO3S/c1-3-8-18-11-6-4-10(5-7-11)13-15-12(14(16)17)9(2)19-13/h4-7H,3,8H2,1-2H3,(H,16,17). The number of aromatic carboxylic acids is 1. The van der Waals surface area contributed by atoms with Gasteiger partial charge in [-0.2, -0.15) is 0 Å². The summed E-state index contributed by atoms with van der Waals surface area (Å²) in [6, 6.07) is 7.55. The number of carboxylic acid groups (broad SMARTS) is 1. The van der Waals surface area contributed by atoms with Crippen LogP contribution in [0.5, 0.6) is 5.75 Å². The minimum absolute atomic E-state index is 0.131. The van der Waals surface area contributed by atoms with Gasteiger partial charge in [0.2, 0.25) is 0 Å². The van der Waals surface area contributed by atoms with E-state index in [4.69, 9.17) is 9.84 Å². The first-order valence-electron chi connectivity index (χ1n) is 6.05. The second-order valence-electron chi connectivity index (χ2n) is 4.10. The molecule has 0 saturated carbocycles. The van der Waals surface area contributed by atoms with Gasteiger partial charge in [0.25, 0.3) is 0 Å². The molecule has 100 valence electrons. The molecule has 2 rings (SSSR count). The summed E-state index contributed by atoms with van der Waals surface area (Å²) < 4.78 is 5.50. The van der Waals surface area contributed by atoms with Crippen LogP contribution in [-0.4, -0.2) is 22.7 Å². The van der Waals surface area contributed by atoms with Crippen LogP contribution in [0.3, 0.4) is 0 Å². The molecule has 5 heteroatoms. The Morgan fingerprint density at radius 2 is 2.05 bits per heavy atom. The SMILES string of the molecule is CCCOc1ccc(-c2nc(C(=O)O)c(C)s2)cc1. The van der Waals surface area contributed by atoms with Gasteiger partial charge in [-0.05, 0) is 37.6 Å². The molecule has 1 heterocycles. The first-order chi connectivity index (χ1) is 9.11. The van der Waals surface area contributed by atoms with Gasteiger partial charge in [-0.1, -0.05) is 6.92 Å². The molecule has 0 aliphatic rings. The van der Waals surface area contributed by atoms with E-state index in [0.717, 1.165) is 22.7 Å². The number of rotatable bonds is 5. The van der Waals surface area contributed by atoms with Crippen LogP contribution < -0.4 is 4.74 Å². The molecule has 0 fully saturated rings. The van der Waals surface area contributed by atoms with E-state index in [-0.39, 0.29) is 5.69 Å². The van der Waals surface area contributed by atoms with Crippen LogP contribution in [0.4, 0.5) is 0 Å². The number of benzene rings is 1. The molecule has 0 amide bonds. The summed E-state index contributed by atoms with van der Waals surface area (Å²) in [5.41, 5.74) is 1.04. The van der Waals surface area contributed by atoms with Crippen molar-refractivity contribution in [1.29, 1.82) is 0 Å². The number of carboxylic acids is 1. The molecule has 0 bridgehead atoms. The van der Waals surface area contributed by atoms with Gasteiger partial charge < -0.3 is 9.84 Å². The van der Waals surface area contributed by atoms with Crippen molar-refractivity contribution in [2.75, 3.05) is 6.61 Å². The molecule has 0 aliphatic heterocycles. The van der Waals surface area contributed by atoms with Crippen LogP contribution in [0.25, 0.3) is 10.6 Å². The van der Waals surface area contributed by atoms with Crippen molar-refractivity contribution in [3.63, 3.8) is 0 Å². The summed E-state index contributed by atoms with van der Waals surface area (Å²) in [6.45, 7) is 4.52. The van der Waals surface area contributed by atoms with Crippen LogP contribution in [-0.2, 0) is 0 Å². The first-order valence-corrected chi connectivity index (χ1v) is 6.87. The minimum atomic E-state index is -0.983. The maximum Gasteiger partial charge on any atom is 0.355 e. The Morgan fingerprint density at radius 1 is 1.37 bits per heavy atom. The Morgan fingerprint density at radius 3 is 2.58 bits per heavy atom. The van der Waals surface area contributed by atoms with Gasteiger partial charge in [-0.3, -0.25) is 0 Å². The number of ether oxygens (including phenoxy) is 1. The van der Waals surface area contributed by atoms with Crippen molar-refractivity contribution < 1.29 is 14.6 Å². The Kier molecular flexibility index (Phi) is 4.16. The summed E-state index contributed by atoms with van der Waals surface area (Å²) >= 11 is 1.39. The highest BCUT2D eigenvalue weighted by atomic mass is 32.1. The molecule has 4 nitrogen and oxygen atoms in total. The highest BCUT2D eigenvalue weighted by molar-refractivity contribution is 7.15. The fourth-order valence-electron chi connectivity index (χ4n) is 1.63. The van der Waals surface area contributed by atoms with Crippen molar-refractivity contribution in [1.82, 2.24) is 4.98 Å². The van der Waals surface area contributed by atoms with E-state index in [9.17, 15) is 4.79 Å². The quantitative estimate of drug-likeness (QED) is 0.907. The van der Waals surface area contributed by atoms with E-state index >= 15 is 0 Å². The van der Waals surface area contributed by atoms with Crippen LogP contribution >= 0.6 is 11.3 Å². The van der Waals surface area contributed by atoms with Crippen LogP contribution in [0.2, 0.25) is 0 Å². The van der Waals surface area contributed by atoms with Crippen molar-refractivity contribution >= 4 is 17.3 Å². The summed E-state index contributed by atoms with van der Waals surface area (Å²) in [4.78, 5) is 15.8. The molecule has 2 aromatic rings. The third-order valence-corrected chi connectivity index (χ3v) is 3.59. The number of thiazole rings is 1. The lowest BCUT2D eigenvalue weighted by atomic mass is 10.2. The molecule has 1 N–H and O–H groups in total. The van der Waals surface area contributed by atoms with E-state index < -0.39 is 5.97 Å². The molecule has 19 heavy (non-hydrogen) atoms. The molecule has 0 radical (unpaired) electrons. The van der Waals surface area contributed by atoms with E-state index in [0.29, 0.717) is 11.5 Å². The molecule has 1 aromatic carbocycles. The predicted molar refractivity (Wildman–Crippen MR) is 75.0 cm³/mol. The normalized spacial score (nSPS) is 10.4. The molecule has 0 atom stereocenters. The third-order valence-electron chi connectivity index (χ3n) is 2.57. The van der Waals surface area contributed by atoms with Gasteiger partial charge in [0.05, 0.1) is 6.61 Å². The van der Waals surface area contributed by atoms with E-state index in [2.05, 4.69) is 11.9 Å². The maximum atomic E-state index is 11.0. The zero-order valence-electron chi connectivity index (χ0n) is 10.8. The zero-order chi connectivity index (χ0) is 13.8. The van der Waals surface area contributed by atoms with Crippen LogP contribution in [0, 0.1) is 6.92 Å². The van der Waals surface area contributed by atoms with Gasteiger partial charge >= 0.3 is 5.97 Å². The third kappa shape index (κ3) is 3.12. The first kappa shape index (κ1) is 13.5. The lowest BCUT2D eigenvalue weighted by Crippen LogP contribution is -1.98. The number of nitrogens with zero attached hydrogens (tertiary/aromatic N) is 1. The predicted octanol–water partition coefficient (Wildman–Crippen LogP) is 3.61. The largest absolute Gasteiger partial charge is 0.494 e. The number of hydrogen-bond donors (Lipinski definition) is 1. The number of carbonyl (C=O) groups is 1. The van der Waals surface area contributed by atoms with Crippen molar-refractivity contribution in [3.05, 3.63) is 34.8 Å².